The lowest BCUT2D eigenvalue weighted by atomic mass is 9.93. The minimum atomic E-state index is -0.571. The molecule has 0 aliphatic carbocycles. The Morgan fingerprint density at radius 3 is 2.44 bits per heavy atom. The third-order valence-electron chi connectivity index (χ3n) is 4.42. The van der Waals surface area contributed by atoms with Crippen molar-refractivity contribution in [2.75, 3.05) is 12.4 Å². The van der Waals surface area contributed by atoms with Gasteiger partial charge < -0.3 is 10.2 Å². The number of likely N-dealkylation sites (tertiary alicyclic amines) is 1. The number of amides is 2. The van der Waals surface area contributed by atoms with Crippen molar-refractivity contribution in [2.24, 2.45) is 5.92 Å². The van der Waals surface area contributed by atoms with Gasteiger partial charge in [-0.05, 0) is 42.0 Å². The van der Waals surface area contributed by atoms with Crippen molar-refractivity contribution in [3.63, 3.8) is 0 Å². The Hall–Kier alpha value is -3.20. The van der Waals surface area contributed by atoms with Crippen LogP contribution in [-0.4, -0.2) is 23.8 Å². The maximum Gasteiger partial charge on any atom is 0.230 e. The normalized spacial score (nSPS) is 19.6. The second kappa shape index (κ2) is 6.73. The van der Waals surface area contributed by atoms with Crippen LogP contribution in [0.4, 0.5) is 10.1 Å². The first-order valence-corrected chi connectivity index (χ1v) is 7.82. The third-order valence-corrected chi connectivity index (χ3v) is 4.42. The smallest absolute Gasteiger partial charge is 0.230 e. The number of nitrogens with zero attached hydrogens (tertiary/aromatic N) is 2. The van der Waals surface area contributed by atoms with E-state index in [2.05, 4.69) is 5.32 Å². The highest BCUT2D eigenvalue weighted by atomic mass is 19.1. The molecule has 1 saturated heterocycles. The number of nitriles is 1. The summed E-state index contributed by atoms with van der Waals surface area (Å²) in [6.45, 7) is 0. The molecule has 0 spiro atoms. The van der Waals surface area contributed by atoms with E-state index in [1.807, 2.05) is 6.07 Å². The van der Waals surface area contributed by atoms with Crippen molar-refractivity contribution in [1.29, 1.82) is 5.26 Å². The van der Waals surface area contributed by atoms with Gasteiger partial charge in [0.1, 0.15) is 5.82 Å². The molecule has 0 bridgehead atoms. The third kappa shape index (κ3) is 3.36. The van der Waals surface area contributed by atoms with Crippen LogP contribution in [0, 0.1) is 23.1 Å². The summed E-state index contributed by atoms with van der Waals surface area (Å²) < 4.78 is 13.2. The average Bonchev–Trinajstić information content (AvgIpc) is 2.92. The first-order chi connectivity index (χ1) is 12.0. The van der Waals surface area contributed by atoms with Gasteiger partial charge in [0.2, 0.25) is 11.8 Å². The van der Waals surface area contributed by atoms with Gasteiger partial charge in [-0.25, -0.2) is 4.39 Å². The Balaban J connectivity index is 1.82. The number of hydrogen-bond acceptors (Lipinski definition) is 3. The summed E-state index contributed by atoms with van der Waals surface area (Å²) in [6, 6.07) is 13.9. The maximum absolute atomic E-state index is 13.2. The topological polar surface area (TPSA) is 73.2 Å². The van der Waals surface area contributed by atoms with Gasteiger partial charge in [-0.15, -0.1) is 0 Å². The van der Waals surface area contributed by atoms with Crippen LogP contribution in [-0.2, 0) is 9.59 Å². The van der Waals surface area contributed by atoms with E-state index < -0.39 is 12.0 Å². The molecule has 2 aromatic carbocycles. The highest BCUT2D eigenvalue weighted by molar-refractivity contribution is 5.97. The molecule has 1 fully saturated rings. The molecule has 3 rings (SSSR count). The second-order valence-electron chi connectivity index (χ2n) is 5.99. The van der Waals surface area contributed by atoms with Crippen molar-refractivity contribution < 1.29 is 14.0 Å². The van der Waals surface area contributed by atoms with Gasteiger partial charge in [0, 0.05) is 19.2 Å². The molecule has 0 saturated carbocycles. The number of carbonyl (C=O) groups is 2. The number of hydrogen-bond donors (Lipinski definition) is 1. The fourth-order valence-electron chi connectivity index (χ4n) is 3.08. The van der Waals surface area contributed by atoms with Gasteiger partial charge in [0.15, 0.2) is 0 Å². The van der Waals surface area contributed by atoms with Crippen molar-refractivity contribution in [3.05, 3.63) is 65.5 Å². The summed E-state index contributed by atoms with van der Waals surface area (Å²) in [4.78, 5) is 26.3. The van der Waals surface area contributed by atoms with E-state index in [9.17, 15) is 14.0 Å². The lowest BCUT2D eigenvalue weighted by Gasteiger charge is -2.25. The van der Waals surface area contributed by atoms with Crippen molar-refractivity contribution in [3.8, 4) is 6.07 Å². The van der Waals surface area contributed by atoms with Crippen molar-refractivity contribution in [2.45, 2.75) is 12.5 Å². The highest BCUT2D eigenvalue weighted by Crippen LogP contribution is 2.37. The van der Waals surface area contributed by atoms with E-state index in [4.69, 9.17) is 5.26 Å². The van der Waals surface area contributed by atoms with E-state index in [-0.39, 0.29) is 24.1 Å². The molecule has 2 aromatic rings. The van der Waals surface area contributed by atoms with E-state index in [0.717, 1.165) is 5.56 Å². The van der Waals surface area contributed by atoms with Crippen molar-refractivity contribution >= 4 is 17.5 Å². The largest absolute Gasteiger partial charge is 0.338 e. The SMILES string of the molecule is CN1C(=O)C[C@@H](C(=O)Nc2ccc(C#N)cc2)[C@H]1c1ccc(F)cc1. The van der Waals surface area contributed by atoms with Gasteiger partial charge in [-0.1, -0.05) is 12.1 Å². The molecule has 1 aliphatic heterocycles. The first kappa shape index (κ1) is 16.7. The molecule has 1 N–H and O–H groups in total. The van der Waals surface area contributed by atoms with E-state index in [1.165, 1.54) is 17.0 Å². The van der Waals surface area contributed by atoms with Gasteiger partial charge in [0.05, 0.1) is 23.6 Å². The Labute approximate surface area is 144 Å². The highest BCUT2D eigenvalue weighted by Gasteiger charge is 2.42. The lowest BCUT2D eigenvalue weighted by molar-refractivity contribution is -0.127. The summed E-state index contributed by atoms with van der Waals surface area (Å²) in [7, 11) is 1.64. The van der Waals surface area contributed by atoms with E-state index in [1.54, 1.807) is 43.4 Å². The van der Waals surface area contributed by atoms with Gasteiger partial charge in [0.25, 0.3) is 0 Å². The summed E-state index contributed by atoms with van der Waals surface area (Å²) in [5.41, 5.74) is 1.77. The number of rotatable bonds is 3. The van der Waals surface area contributed by atoms with Gasteiger partial charge in [-0.2, -0.15) is 5.26 Å². The Kier molecular flexibility index (Phi) is 4.48. The average molecular weight is 337 g/mol. The molecule has 6 heteroatoms. The molecule has 0 unspecified atom stereocenters. The van der Waals surface area contributed by atoms with Crippen LogP contribution in [0.1, 0.15) is 23.6 Å². The number of anilines is 1. The second-order valence-corrected chi connectivity index (χ2v) is 5.99. The van der Waals surface area contributed by atoms with Gasteiger partial charge >= 0.3 is 0 Å². The quantitative estimate of drug-likeness (QED) is 0.936. The van der Waals surface area contributed by atoms with Crippen LogP contribution in [0.5, 0.6) is 0 Å². The zero-order valence-corrected chi connectivity index (χ0v) is 13.6. The summed E-state index contributed by atoms with van der Waals surface area (Å²) in [5.74, 6) is -1.35. The zero-order chi connectivity index (χ0) is 18.0. The fraction of sp³-hybridized carbons (Fsp3) is 0.211. The lowest BCUT2D eigenvalue weighted by Crippen LogP contribution is -2.30. The monoisotopic (exact) mass is 337 g/mol. The predicted octanol–water partition coefficient (Wildman–Crippen LogP) is 2.86. The number of benzene rings is 2. The minimum absolute atomic E-state index is 0.0979. The molecule has 25 heavy (non-hydrogen) atoms. The summed E-state index contributed by atoms with van der Waals surface area (Å²) >= 11 is 0. The molecular formula is C19H16FN3O2. The molecule has 2 atom stereocenters. The molecule has 1 heterocycles. The summed E-state index contributed by atoms with van der Waals surface area (Å²) in [6.07, 6.45) is 0.0979. The molecule has 126 valence electrons. The van der Waals surface area contributed by atoms with Crippen LogP contribution in [0.2, 0.25) is 0 Å². The Bertz CT molecular complexity index is 840. The Morgan fingerprint density at radius 2 is 1.84 bits per heavy atom. The Morgan fingerprint density at radius 1 is 1.20 bits per heavy atom. The molecular weight excluding hydrogens is 321 g/mol. The molecule has 1 aliphatic rings. The van der Waals surface area contributed by atoms with Crippen LogP contribution < -0.4 is 5.32 Å². The van der Waals surface area contributed by atoms with E-state index in [0.29, 0.717) is 11.3 Å². The van der Waals surface area contributed by atoms with E-state index >= 15 is 0 Å². The molecule has 0 aromatic heterocycles. The number of carbonyl (C=O) groups excluding carboxylic acids is 2. The molecule has 2 amide bonds. The summed E-state index contributed by atoms with van der Waals surface area (Å²) in [5, 5.41) is 11.6. The first-order valence-electron chi connectivity index (χ1n) is 7.82. The number of halogens is 1. The van der Waals surface area contributed by atoms with Crippen LogP contribution >= 0.6 is 0 Å². The minimum Gasteiger partial charge on any atom is -0.338 e. The van der Waals surface area contributed by atoms with Gasteiger partial charge in [-0.3, -0.25) is 9.59 Å². The zero-order valence-electron chi connectivity index (χ0n) is 13.6. The van der Waals surface area contributed by atoms with Crippen LogP contribution in [0.15, 0.2) is 48.5 Å². The molecule has 0 radical (unpaired) electrons. The molecule has 5 nitrogen and oxygen atoms in total. The predicted molar refractivity (Wildman–Crippen MR) is 89.8 cm³/mol. The number of nitrogens with one attached hydrogen (secondary N) is 1. The van der Waals surface area contributed by atoms with Crippen molar-refractivity contribution in [1.82, 2.24) is 4.90 Å². The fourth-order valence-corrected chi connectivity index (χ4v) is 3.08. The van der Waals surface area contributed by atoms with Crippen LogP contribution in [0.25, 0.3) is 0 Å². The standard InChI is InChI=1S/C19H16FN3O2/c1-23-17(24)10-16(18(23)13-4-6-14(20)7-5-13)19(25)22-15-8-2-12(11-21)3-9-15/h2-9,16,18H,10H2,1H3,(H,22,25)/t16-,18-/m1/s1. The maximum atomic E-state index is 13.2. The van der Waals surface area contributed by atoms with Crippen LogP contribution in [0.3, 0.4) is 0 Å².